The fourth-order valence-electron chi connectivity index (χ4n) is 3.70. The molecule has 0 fully saturated rings. The first-order chi connectivity index (χ1) is 12.2. The SMILES string of the molecule is Cc1cc(-c2nn3c(c2-c2ccc4nccn4c2)CCC3)ccc1F. The Bertz CT molecular complexity index is 1110. The lowest BCUT2D eigenvalue weighted by Crippen LogP contribution is -1.94. The van der Waals surface area contributed by atoms with E-state index in [9.17, 15) is 4.39 Å². The van der Waals surface area contributed by atoms with Crippen LogP contribution in [0, 0.1) is 12.7 Å². The Hall–Kier alpha value is -2.95. The van der Waals surface area contributed by atoms with E-state index >= 15 is 0 Å². The maximum absolute atomic E-state index is 13.7. The van der Waals surface area contributed by atoms with E-state index < -0.39 is 0 Å². The summed E-state index contributed by atoms with van der Waals surface area (Å²) in [4.78, 5) is 4.32. The van der Waals surface area contributed by atoms with E-state index in [1.807, 2.05) is 28.8 Å². The van der Waals surface area contributed by atoms with Gasteiger partial charge in [0.05, 0.1) is 0 Å². The van der Waals surface area contributed by atoms with E-state index in [0.717, 1.165) is 47.4 Å². The molecule has 0 amide bonds. The first-order valence-electron chi connectivity index (χ1n) is 8.50. The molecule has 1 aliphatic rings. The van der Waals surface area contributed by atoms with Crippen molar-refractivity contribution < 1.29 is 4.39 Å². The maximum atomic E-state index is 13.7. The highest BCUT2D eigenvalue weighted by Crippen LogP contribution is 2.37. The van der Waals surface area contributed by atoms with Gasteiger partial charge in [-0.15, -0.1) is 0 Å². The second-order valence-electron chi connectivity index (χ2n) is 6.57. The van der Waals surface area contributed by atoms with Crippen molar-refractivity contribution in [3.63, 3.8) is 0 Å². The Morgan fingerprint density at radius 3 is 2.88 bits per heavy atom. The molecule has 4 nitrogen and oxygen atoms in total. The van der Waals surface area contributed by atoms with Gasteiger partial charge in [0.25, 0.3) is 0 Å². The van der Waals surface area contributed by atoms with Crippen molar-refractivity contribution in [3.05, 3.63) is 66.0 Å². The zero-order valence-electron chi connectivity index (χ0n) is 13.9. The summed E-state index contributed by atoms with van der Waals surface area (Å²) in [5.41, 5.74) is 6.98. The highest BCUT2D eigenvalue weighted by atomic mass is 19.1. The van der Waals surface area contributed by atoms with Gasteiger partial charge in [0.15, 0.2) is 0 Å². The molecule has 0 radical (unpaired) electrons. The molecule has 0 saturated heterocycles. The molecule has 0 bridgehead atoms. The van der Waals surface area contributed by atoms with E-state index in [0.29, 0.717) is 5.56 Å². The van der Waals surface area contributed by atoms with Crippen LogP contribution in [0.2, 0.25) is 0 Å². The molecule has 4 heterocycles. The van der Waals surface area contributed by atoms with E-state index in [2.05, 4.69) is 21.9 Å². The lowest BCUT2D eigenvalue weighted by atomic mass is 9.98. The van der Waals surface area contributed by atoms with Crippen molar-refractivity contribution in [1.82, 2.24) is 19.2 Å². The minimum atomic E-state index is -0.183. The summed E-state index contributed by atoms with van der Waals surface area (Å²) >= 11 is 0. The van der Waals surface area contributed by atoms with Gasteiger partial charge in [0, 0.05) is 47.5 Å². The van der Waals surface area contributed by atoms with Crippen LogP contribution in [0.5, 0.6) is 0 Å². The summed E-state index contributed by atoms with van der Waals surface area (Å²) < 4.78 is 17.8. The number of benzene rings is 1. The monoisotopic (exact) mass is 332 g/mol. The molecule has 0 unspecified atom stereocenters. The van der Waals surface area contributed by atoms with Crippen molar-refractivity contribution in [2.24, 2.45) is 0 Å². The number of aryl methyl sites for hydroxylation is 2. The third kappa shape index (κ3) is 2.19. The highest BCUT2D eigenvalue weighted by molar-refractivity contribution is 5.83. The third-order valence-electron chi connectivity index (χ3n) is 4.95. The zero-order valence-corrected chi connectivity index (χ0v) is 13.9. The molecule has 124 valence electrons. The van der Waals surface area contributed by atoms with Gasteiger partial charge in [-0.3, -0.25) is 4.68 Å². The molecular weight excluding hydrogens is 315 g/mol. The molecule has 5 heteroatoms. The van der Waals surface area contributed by atoms with Crippen LogP contribution in [0.4, 0.5) is 4.39 Å². The number of fused-ring (bicyclic) bond motifs is 2. The second-order valence-corrected chi connectivity index (χ2v) is 6.57. The largest absolute Gasteiger partial charge is 0.306 e. The number of imidazole rings is 1. The molecule has 1 aromatic carbocycles. The summed E-state index contributed by atoms with van der Waals surface area (Å²) in [6.45, 7) is 2.73. The van der Waals surface area contributed by atoms with Gasteiger partial charge in [-0.2, -0.15) is 5.10 Å². The Labute approximate surface area is 144 Å². The van der Waals surface area contributed by atoms with Crippen molar-refractivity contribution >= 4 is 5.65 Å². The first-order valence-corrected chi connectivity index (χ1v) is 8.50. The van der Waals surface area contributed by atoms with Crippen LogP contribution in [0.3, 0.4) is 0 Å². The van der Waals surface area contributed by atoms with Gasteiger partial charge in [-0.1, -0.05) is 0 Å². The first kappa shape index (κ1) is 14.4. The second kappa shape index (κ2) is 5.28. The van der Waals surface area contributed by atoms with Crippen LogP contribution < -0.4 is 0 Å². The number of hydrogen-bond donors (Lipinski definition) is 0. The Balaban J connectivity index is 1.76. The molecule has 0 N–H and O–H groups in total. The van der Waals surface area contributed by atoms with Gasteiger partial charge in [0.2, 0.25) is 0 Å². The normalized spacial score (nSPS) is 13.5. The van der Waals surface area contributed by atoms with E-state index in [1.54, 1.807) is 13.1 Å². The zero-order chi connectivity index (χ0) is 17.0. The third-order valence-corrected chi connectivity index (χ3v) is 4.95. The fourth-order valence-corrected chi connectivity index (χ4v) is 3.70. The van der Waals surface area contributed by atoms with Crippen molar-refractivity contribution in [1.29, 1.82) is 0 Å². The summed E-state index contributed by atoms with van der Waals surface area (Å²) in [7, 11) is 0. The van der Waals surface area contributed by atoms with Crippen LogP contribution >= 0.6 is 0 Å². The van der Waals surface area contributed by atoms with Crippen molar-refractivity contribution in [2.75, 3.05) is 0 Å². The molecule has 0 aliphatic carbocycles. The van der Waals surface area contributed by atoms with Crippen LogP contribution in [0.25, 0.3) is 28.0 Å². The average Bonchev–Trinajstić information content (AvgIpc) is 3.31. The number of aromatic nitrogens is 4. The van der Waals surface area contributed by atoms with Crippen LogP contribution in [0.1, 0.15) is 17.7 Å². The van der Waals surface area contributed by atoms with E-state index in [-0.39, 0.29) is 5.82 Å². The number of halogens is 1. The van der Waals surface area contributed by atoms with Gasteiger partial charge >= 0.3 is 0 Å². The highest BCUT2D eigenvalue weighted by Gasteiger charge is 2.24. The molecule has 0 atom stereocenters. The van der Waals surface area contributed by atoms with Gasteiger partial charge in [0.1, 0.15) is 17.2 Å². The summed E-state index contributed by atoms with van der Waals surface area (Å²) in [6.07, 6.45) is 7.98. The molecule has 4 aromatic rings. The van der Waals surface area contributed by atoms with E-state index in [4.69, 9.17) is 5.10 Å². The lowest BCUT2D eigenvalue weighted by molar-refractivity contribution is 0.618. The fraction of sp³-hybridized carbons (Fsp3) is 0.200. The van der Waals surface area contributed by atoms with Crippen LogP contribution in [-0.2, 0) is 13.0 Å². The Kier molecular flexibility index (Phi) is 3.04. The van der Waals surface area contributed by atoms with Gasteiger partial charge in [-0.25, -0.2) is 9.37 Å². The predicted octanol–water partition coefficient (Wildman–Crippen LogP) is 4.26. The Morgan fingerprint density at radius 1 is 1.12 bits per heavy atom. The molecule has 3 aromatic heterocycles. The standard InChI is InChI=1S/C20H17FN4/c1-13-11-14(4-6-16(13)21)20-19(17-3-2-9-25(17)23-20)15-5-7-18-22-8-10-24(18)12-15/h4-8,10-12H,2-3,9H2,1H3. The summed E-state index contributed by atoms with van der Waals surface area (Å²) in [6, 6.07) is 9.34. The quantitative estimate of drug-likeness (QED) is 0.550. The predicted molar refractivity (Wildman–Crippen MR) is 94.9 cm³/mol. The topological polar surface area (TPSA) is 35.1 Å². The summed E-state index contributed by atoms with van der Waals surface area (Å²) in [5.74, 6) is -0.183. The number of nitrogens with zero attached hydrogens (tertiary/aromatic N) is 4. The smallest absolute Gasteiger partial charge is 0.136 e. The van der Waals surface area contributed by atoms with E-state index in [1.165, 1.54) is 11.8 Å². The van der Waals surface area contributed by atoms with Crippen molar-refractivity contribution in [3.8, 4) is 22.4 Å². The molecule has 0 saturated carbocycles. The van der Waals surface area contributed by atoms with Gasteiger partial charge < -0.3 is 4.40 Å². The molecule has 1 aliphatic heterocycles. The molecule has 0 spiro atoms. The molecular formula is C20H17FN4. The van der Waals surface area contributed by atoms with Crippen LogP contribution in [-0.4, -0.2) is 19.2 Å². The number of rotatable bonds is 2. The van der Waals surface area contributed by atoms with Crippen molar-refractivity contribution in [2.45, 2.75) is 26.3 Å². The minimum Gasteiger partial charge on any atom is -0.306 e. The average molecular weight is 332 g/mol. The van der Waals surface area contributed by atoms with Gasteiger partial charge in [-0.05, 0) is 55.7 Å². The maximum Gasteiger partial charge on any atom is 0.136 e. The lowest BCUT2D eigenvalue weighted by Gasteiger charge is -2.07. The minimum absolute atomic E-state index is 0.183. The number of pyridine rings is 1. The van der Waals surface area contributed by atoms with Crippen LogP contribution in [0.15, 0.2) is 48.9 Å². The molecule has 25 heavy (non-hydrogen) atoms. The number of hydrogen-bond acceptors (Lipinski definition) is 2. The molecule has 5 rings (SSSR count). The summed E-state index contributed by atoms with van der Waals surface area (Å²) in [5, 5.41) is 4.85. The Morgan fingerprint density at radius 2 is 2.00 bits per heavy atom.